The maximum atomic E-state index is 13.0. The Bertz CT molecular complexity index is 1010. The minimum Gasteiger partial charge on any atom is -0.497 e. The lowest BCUT2D eigenvalue weighted by atomic mass is 10.1. The van der Waals surface area contributed by atoms with Crippen molar-refractivity contribution in [1.29, 1.82) is 0 Å². The summed E-state index contributed by atoms with van der Waals surface area (Å²) in [6, 6.07) is 20.5. The molecule has 3 aromatic carbocycles. The Morgan fingerprint density at radius 3 is 2.17 bits per heavy atom. The van der Waals surface area contributed by atoms with Gasteiger partial charge in [-0.15, -0.1) is 0 Å². The number of rotatable bonds is 9. The first-order valence-corrected chi connectivity index (χ1v) is 9.44. The largest absolute Gasteiger partial charge is 0.497 e. The van der Waals surface area contributed by atoms with E-state index in [1.807, 2.05) is 54.6 Å². The summed E-state index contributed by atoms with van der Waals surface area (Å²) >= 11 is 0. The third kappa shape index (κ3) is 5.00. The lowest BCUT2D eigenvalue weighted by Crippen LogP contribution is -2.05. The maximum Gasteiger partial charge on any atom is 0.204 e. The van der Waals surface area contributed by atoms with Gasteiger partial charge in [0.1, 0.15) is 12.4 Å². The fraction of sp³-hybridized carbons (Fsp3) is 0.160. The van der Waals surface area contributed by atoms with E-state index in [4.69, 9.17) is 18.9 Å². The van der Waals surface area contributed by atoms with Crippen LogP contribution in [0.2, 0.25) is 0 Å². The van der Waals surface area contributed by atoms with Gasteiger partial charge in [0.05, 0.1) is 26.9 Å². The van der Waals surface area contributed by atoms with E-state index in [0.29, 0.717) is 29.4 Å². The molecule has 0 aliphatic heterocycles. The number of methoxy groups -OCH3 is 3. The van der Waals surface area contributed by atoms with E-state index in [-0.39, 0.29) is 5.78 Å². The number of allylic oxidation sites excluding steroid dienone is 1. The molecule has 154 valence electrons. The van der Waals surface area contributed by atoms with Gasteiger partial charge in [-0.1, -0.05) is 48.5 Å². The van der Waals surface area contributed by atoms with Crippen LogP contribution in [-0.4, -0.2) is 27.1 Å². The molecule has 0 atom stereocenters. The van der Waals surface area contributed by atoms with Crippen LogP contribution in [0, 0.1) is 0 Å². The van der Waals surface area contributed by atoms with Crippen LogP contribution in [0.5, 0.6) is 23.0 Å². The molecular weight excluding hydrogens is 380 g/mol. The van der Waals surface area contributed by atoms with Crippen LogP contribution < -0.4 is 18.9 Å². The monoisotopic (exact) mass is 404 g/mol. The molecular formula is C25H24O5. The summed E-state index contributed by atoms with van der Waals surface area (Å²) in [6.45, 7) is 0.298. The molecule has 0 radical (unpaired) electrons. The lowest BCUT2D eigenvalue weighted by Gasteiger charge is -2.16. The number of ether oxygens (including phenoxy) is 4. The highest BCUT2D eigenvalue weighted by Gasteiger charge is 2.20. The second-order valence-electron chi connectivity index (χ2n) is 6.42. The molecule has 5 heteroatoms. The highest BCUT2D eigenvalue weighted by molar-refractivity contribution is 6.09. The fourth-order valence-electron chi connectivity index (χ4n) is 2.94. The second-order valence-corrected chi connectivity index (χ2v) is 6.42. The van der Waals surface area contributed by atoms with Crippen LogP contribution >= 0.6 is 0 Å². The molecule has 0 heterocycles. The lowest BCUT2D eigenvalue weighted by molar-refractivity contribution is 0.104. The molecule has 0 saturated carbocycles. The number of carbonyl (C=O) groups excluding carboxylic acids is 1. The van der Waals surface area contributed by atoms with Crippen molar-refractivity contribution in [2.45, 2.75) is 6.61 Å². The maximum absolute atomic E-state index is 13.0. The Labute approximate surface area is 176 Å². The van der Waals surface area contributed by atoms with Gasteiger partial charge in [0.25, 0.3) is 0 Å². The van der Waals surface area contributed by atoms with E-state index < -0.39 is 0 Å². The van der Waals surface area contributed by atoms with E-state index >= 15 is 0 Å². The second kappa shape index (κ2) is 10.2. The van der Waals surface area contributed by atoms with Gasteiger partial charge in [-0.25, -0.2) is 0 Å². The van der Waals surface area contributed by atoms with Crippen molar-refractivity contribution in [3.05, 3.63) is 89.5 Å². The van der Waals surface area contributed by atoms with Gasteiger partial charge in [-0.2, -0.15) is 0 Å². The van der Waals surface area contributed by atoms with Gasteiger partial charge in [0.2, 0.25) is 5.75 Å². The number of hydrogen-bond donors (Lipinski definition) is 0. The summed E-state index contributed by atoms with van der Waals surface area (Å²) in [6.07, 6.45) is 3.26. The van der Waals surface area contributed by atoms with Gasteiger partial charge >= 0.3 is 0 Å². The van der Waals surface area contributed by atoms with Crippen molar-refractivity contribution in [3.63, 3.8) is 0 Å². The molecule has 5 nitrogen and oxygen atoms in total. The SMILES string of the molecule is COc1ccc(/C=C/C(=O)c2ccc(OC)c(OC)c2OCc2ccccc2)cc1. The van der Waals surface area contributed by atoms with Gasteiger partial charge in [0, 0.05) is 0 Å². The third-order valence-electron chi connectivity index (χ3n) is 4.53. The minimum atomic E-state index is -0.199. The molecule has 0 unspecified atom stereocenters. The third-order valence-corrected chi connectivity index (χ3v) is 4.53. The molecule has 0 spiro atoms. The first kappa shape index (κ1) is 21.0. The standard InChI is InChI=1S/C25H24O5/c1-27-20-12-9-18(10-13-20)11-15-22(26)21-14-16-23(28-2)25(29-3)24(21)30-17-19-7-5-4-6-8-19/h4-16H,17H2,1-3H3/b15-11+. The van der Waals surface area contributed by atoms with Crippen molar-refractivity contribution >= 4 is 11.9 Å². The van der Waals surface area contributed by atoms with Gasteiger partial charge in [-0.3, -0.25) is 4.79 Å². The molecule has 3 aromatic rings. The smallest absolute Gasteiger partial charge is 0.204 e. The average molecular weight is 404 g/mol. The van der Waals surface area contributed by atoms with Crippen molar-refractivity contribution in [3.8, 4) is 23.0 Å². The summed E-state index contributed by atoms with van der Waals surface area (Å²) in [5.41, 5.74) is 2.26. The Balaban J connectivity index is 1.89. The highest BCUT2D eigenvalue weighted by Crippen LogP contribution is 2.40. The van der Waals surface area contributed by atoms with Crippen LogP contribution in [0.25, 0.3) is 6.08 Å². The van der Waals surface area contributed by atoms with Gasteiger partial charge in [-0.05, 0) is 41.5 Å². The van der Waals surface area contributed by atoms with Crippen LogP contribution in [0.1, 0.15) is 21.5 Å². The van der Waals surface area contributed by atoms with E-state index in [1.165, 1.54) is 13.2 Å². The fourth-order valence-corrected chi connectivity index (χ4v) is 2.94. The van der Waals surface area contributed by atoms with Crippen LogP contribution in [0.15, 0.2) is 72.8 Å². The van der Waals surface area contributed by atoms with E-state index in [2.05, 4.69) is 0 Å². The van der Waals surface area contributed by atoms with Crippen molar-refractivity contribution in [1.82, 2.24) is 0 Å². The predicted octanol–water partition coefficient (Wildman–Crippen LogP) is 5.19. The predicted molar refractivity (Wildman–Crippen MR) is 117 cm³/mol. The summed E-state index contributed by atoms with van der Waals surface area (Å²) in [7, 11) is 4.68. The first-order valence-electron chi connectivity index (χ1n) is 9.44. The zero-order chi connectivity index (χ0) is 21.3. The molecule has 0 N–H and O–H groups in total. The Morgan fingerprint density at radius 2 is 1.53 bits per heavy atom. The van der Waals surface area contributed by atoms with E-state index in [0.717, 1.165) is 16.9 Å². The Morgan fingerprint density at radius 1 is 0.800 bits per heavy atom. The topological polar surface area (TPSA) is 54.0 Å². The number of ketones is 1. The van der Waals surface area contributed by atoms with Crippen LogP contribution in [-0.2, 0) is 6.61 Å². The quantitative estimate of drug-likeness (QED) is 0.363. The first-order chi connectivity index (χ1) is 14.7. The molecule has 0 amide bonds. The summed E-state index contributed by atoms with van der Waals surface area (Å²) < 4.78 is 22.0. The number of hydrogen-bond acceptors (Lipinski definition) is 5. The molecule has 0 fully saturated rings. The Kier molecular flexibility index (Phi) is 7.11. The zero-order valence-electron chi connectivity index (χ0n) is 17.3. The van der Waals surface area contributed by atoms with E-state index in [1.54, 1.807) is 32.4 Å². The minimum absolute atomic E-state index is 0.199. The van der Waals surface area contributed by atoms with Crippen molar-refractivity contribution < 1.29 is 23.7 Å². The van der Waals surface area contributed by atoms with Crippen molar-refractivity contribution in [2.24, 2.45) is 0 Å². The summed E-state index contributed by atoms with van der Waals surface area (Å²) in [5.74, 6) is 1.79. The number of benzene rings is 3. The van der Waals surface area contributed by atoms with Gasteiger partial charge < -0.3 is 18.9 Å². The number of carbonyl (C=O) groups is 1. The van der Waals surface area contributed by atoms with Crippen LogP contribution in [0.4, 0.5) is 0 Å². The molecule has 0 aliphatic rings. The Hall–Kier alpha value is -3.73. The highest BCUT2D eigenvalue weighted by atomic mass is 16.5. The summed E-state index contributed by atoms with van der Waals surface area (Å²) in [4.78, 5) is 13.0. The van der Waals surface area contributed by atoms with Gasteiger partial charge in [0.15, 0.2) is 17.3 Å². The average Bonchev–Trinajstić information content (AvgIpc) is 2.81. The normalized spacial score (nSPS) is 10.6. The molecule has 0 saturated heterocycles. The van der Waals surface area contributed by atoms with Crippen molar-refractivity contribution in [2.75, 3.05) is 21.3 Å². The molecule has 30 heavy (non-hydrogen) atoms. The molecule has 3 rings (SSSR count). The molecule has 0 aromatic heterocycles. The summed E-state index contributed by atoms with van der Waals surface area (Å²) in [5, 5.41) is 0. The molecule has 0 aliphatic carbocycles. The van der Waals surface area contributed by atoms with Crippen LogP contribution in [0.3, 0.4) is 0 Å². The van der Waals surface area contributed by atoms with E-state index in [9.17, 15) is 4.79 Å². The molecule has 0 bridgehead atoms. The zero-order valence-corrected chi connectivity index (χ0v) is 17.3.